The van der Waals surface area contributed by atoms with Crippen molar-refractivity contribution in [2.75, 3.05) is 19.3 Å². The summed E-state index contributed by atoms with van der Waals surface area (Å²) >= 11 is 0. The highest BCUT2D eigenvalue weighted by Gasteiger charge is 2.24. The molecule has 1 amide bonds. The molecule has 0 aliphatic heterocycles. The first-order chi connectivity index (χ1) is 9.72. The third-order valence-electron chi connectivity index (χ3n) is 2.94. The Morgan fingerprint density at radius 3 is 2.23 bits per heavy atom. The van der Waals surface area contributed by atoms with Crippen molar-refractivity contribution in [3.63, 3.8) is 0 Å². The van der Waals surface area contributed by atoms with Crippen LogP contribution in [0.1, 0.15) is 24.2 Å². The number of halogens is 1. The smallest absolute Gasteiger partial charge is 0.275 e. The van der Waals surface area contributed by atoms with Crippen LogP contribution in [0.5, 0.6) is 0 Å². The van der Waals surface area contributed by atoms with Gasteiger partial charge in [-0.2, -0.15) is 0 Å². The van der Waals surface area contributed by atoms with Gasteiger partial charge in [0.05, 0.1) is 4.90 Å². The number of carbonyl (C=O) groups is 1. The Balaban J connectivity index is 0.00000441. The van der Waals surface area contributed by atoms with Crippen molar-refractivity contribution in [1.29, 1.82) is 5.41 Å². The van der Waals surface area contributed by atoms with Crippen molar-refractivity contribution in [2.24, 2.45) is 5.73 Å². The van der Waals surface area contributed by atoms with E-state index in [1.165, 1.54) is 24.3 Å². The quantitative estimate of drug-likeness (QED) is 0.470. The number of carbonyl (C=O) groups excluding carboxylic acids is 1. The van der Waals surface area contributed by atoms with Gasteiger partial charge in [-0.05, 0) is 18.2 Å². The predicted molar refractivity (Wildman–Crippen MR) is 87.8 cm³/mol. The van der Waals surface area contributed by atoms with E-state index in [9.17, 15) is 13.2 Å². The van der Waals surface area contributed by atoms with E-state index in [1.54, 1.807) is 5.01 Å². The molecule has 1 aromatic carbocycles. The van der Waals surface area contributed by atoms with Crippen LogP contribution in [0.3, 0.4) is 0 Å². The molecular formula is C13H21ClN4O3S. The molecule has 0 bridgehead atoms. The number of nitrogens with two attached hydrogens (primary N) is 1. The fraction of sp³-hybridized carbons (Fsp3) is 0.385. The monoisotopic (exact) mass is 348 g/mol. The van der Waals surface area contributed by atoms with Crippen LogP contribution in [0.15, 0.2) is 29.2 Å². The highest BCUT2D eigenvalue weighted by molar-refractivity contribution is 7.90. The molecule has 0 aromatic heterocycles. The van der Waals surface area contributed by atoms with Crippen LogP contribution in [0.4, 0.5) is 0 Å². The molecule has 22 heavy (non-hydrogen) atoms. The molecule has 0 saturated carbocycles. The van der Waals surface area contributed by atoms with E-state index in [4.69, 9.17) is 11.1 Å². The van der Waals surface area contributed by atoms with Gasteiger partial charge in [-0.15, -0.1) is 12.4 Å². The molecule has 0 unspecified atom stereocenters. The van der Waals surface area contributed by atoms with Crippen LogP contribution in [0.2, 0.25) is 0 Å². The Kier molecular flexibility index (Phi) is 7.51. The van der Waals surface area contributed by atoms with Crippen LogP contribution >= 0.6 is 12.4 Å². The second-order valence-electron chi connectivity index (χ2n) is 4.44. The van der Waals surface area contributed by atoms with Gasteiger partial charge in [-0.1, -0.05) is 19.9 Å². The molecule has 0 aliphatic carbocycles. The van der Waals surface area contributed by atoms with E-state index in [2.05, 4.69) is 0 Å². The second-order valence-corrected chi connectivity index (χ2v) is 6.46. The summed E-state index contributed by atoms with van der Waals surface area (Å²) in [5.74, 6) is -0.940. The summed E-state index contributed by atoms with van der Waals surface area (Å²) in [6.45, 7) is 4.65. The third-order valence-corrected chi connectivity index (χ3v) is 4.05. The van der Waals surface area contributed by atoms with Crippen molar-refractivity contribution in [1.82, 2.24) is 10.0 Å². The van der Waals surface area contributed by atoms with Crippen LogP contribution < -0.4 is 5.73 Å². The number of nitrogens with one attached hydrogen (secondary N) is 1. The van der Waals surface area contributed by atoms with E-state index < -0.39 is 21.7 Å². The van der Waals surface area contributed by atoms with E-state index in [0.29, 0.717) is 13.1 Å². The van der Waals surface area contributed by atoms with Gasteiger partial charge < -0.3 is 5.73 Å². The number of benzene rings is 1. The second kappa shape index (κ2) is 8.11. The zero-order valence-corrected chi connectivity index (χ0v) is 14.4. The van der Waals surface area contributed by atoms with Crippen molar-refractivity contribution in [2.45, 2.75) is 18.7 Å². The van der Waals surface area contributed by atoms with Gasteiger partial charge in [0.1, 0.15) is 0 Å². The zero-order valence-electron chi connectivity index (χ0n) is 12.7. The van der Waals surface area contributed by atoms with Crippen molar-refractivity contribution in [3.8, 4) is 0 Å². The fourth-order valence-corrected chi connectivity index (χ4v) is 2.55. The molecule has 0 spiro atoms. The van der Waals surface area contributed by atoms with Gasteiger partial charge in [0.25, 0.3) is 5.91 Å². The molecular weight excluding hydrogens is 328 g/mol. The third kappa shape index (κ3) is 4.69. The Morgan fingerprint density at radius 1 is 1.27 bits per heavy atom. The summed E-state index contributed by atoms with van der Waals surface area (Å²) < 4.78 is 23.1. The molecule has 0 fully saturated rings. The lowest BCUT2D eigenvalue weighted by atomic mass is 10.2. The molecule has 0 heterocycles. The summed E-state index contributed by atoms with van der Waals surface area (Å²) in [6.07, 6.45) is 1.07. The lowest BCUT2D eigenvalue weighted by Crippen LogP contribution is -2.52. The van der Waals surface area contributed by atoms with Gasteiger partial charge in [0.2, 0.25) is 5.96 Å². The molecule has 3 N–H and O–H groups in total. The SMILES string of the molecule is CCN(CC)N(C(=N)N)C(=O)c1cccc(S(C)(=O)=O)c1.Cl. The van der Waals surface area contributed by atoms with Crippen LogP contribution in [0, 0.1) is 5.41 Å². The van der Waals surface area contributed by atoms with E-state index in [1.807, 2.05) is 13.8 Å². The van der Waals surface area contributed by atoms with Crippen molar-refractivity contribution >= 4 is 34.1 Å². The normalized spacial score (nSPS) is 10.9. The first kappa shape index (κ1) is 20.4. The molecule has 0 aliphatic rings. The lowest BCUT2D eigenvalue weighted by molar-refractivity contribution is 0.0348. The van der Waals surface area contributed by atoms with Crippen LogP contribution in [-0.2, 0) is 9.84 Å². The van der Waals surface area contributed by atoms with Crippen molar-refractivity contribution < 1.29 is 13.2 Å². The standard InChI is InChI=1S/C13H20N4O3S.ClH/c1-4-16(5-2)17(13(14)15)12(18)10-7-6-8-11(9-10)21(3,19)20;/h6-9H,4-5H2,1-3H3,(H3,14,15);1H. The van der Waals surface area contributed by atoms with E-state index in [0.717, 1.165) is 11.3 Å². The van der Waals surface area contributed by atoms with Crippen LogP contribution in [0.25, 0.3) is 0 Å². The Labute approximate surface area is 136 Å². The molecule has 0 atom stereocenters. The number of hydrogen-bond acceptors (Lipinski definition) is 5. The Bertz CT molecular complexity index is 644. The van der Waals surface area contributed by atoms with Gasteiger partial charge in [0.15, 0.2) is 9.84 Å². The molecule has 1 aromatic rings. The number of nitrogens with zero attached hydrogens (tertiary/aromatic N) is 2. The summed E-state index contributed by atoms with van der Waals surface area (Å²) in [6, 6.07) is 5.69. The Morgan fingerprint density at radius 2 is 1.82 bits per heavy atom. The molecule has 0 saturated heterocycles. The zero-order chi connectivity index (χ0) is 16.2. The number of guanidine groups is 1. The summed E-state index contributed by atoms with van der Waals surface area (Å²) in [4.78, 5) is 12.5. The lowest BCUT2D eigenvalue weighted by Gasteiger charge is -2.31. The molecule has 0 radical (unpaired) electrons. The summed E-state index contributed by atoms with van der Waals surface area (Å²) in [5, 5.41) is 10.2. The highest BCUT2D eigenvalue weighted by Crippen LogP contribution is 2.14. The average molecular weight is 349 g/mol. The fourth-order valence-electron chi connectivity index (χ4n) is 1.88. The number of hydrogen-bond donors (Lipinski definition) is 2. The van der Waals surface area contributed by atoms with Crippen molar-refractivity contribution in [3.05, 3.63) is 29.8 Å². The topological polar surface area (TPSA) is 108 Å². The van der Waals surface area contributed by atoms with Gasteiger partial charge in [-0.3, -0.25) is 10.2 Å². The number of amides is 1. The van der Waals surface area contributed by atoms with Gasteiger partial charge in [0, 0.05) is 24.9 Å². The maximum Gasteiger partial charge on any atom is 0.275 e. The number of hydrazine groups is 1. The molecule has 1 rings (SSSR count). The maximum absolute atomic E-state index is 12.5. The summed E-state index contributed by atoms with van der Waals surface area (Å²) in [5.41, 5.74) is 5.65. The first-order valence-electron chi connectivity index (χ1n) is 6.45. The summed E-state index contributed by atoms with van der Waals surface area (Å²) in [7, 11) is -3.41. The number of rotatable bonds is 5. The van der Waals surface area contributed by atoms with Gasteiger partial charge >= 0.3 is 0 Å². The Hall–Kier alpha value is -1.64. The largest absolute Gasteiger partial charge is 0.369 e. The first-order valence-corrected chi connectivity index (χ1v) is 8.35. The molecule has 9 heteroatoms. The number of sulfone groups is 1. The molecule has 7 nitrogen and oxygen atoms in total. The minimum absolute atomic E-state index is 0. The van der Waals surface area contributed by atoms with Gasteiger partial charge in [-0.25, -0.2) is 18.4 Å². The molecule has 124 valence electrons. The average Bonchev–Trinajstić information content (AvgIpc) is 2.42. The van der Waals surface area contributed by atoms with E-state index in [-0.39, 0.29) is 22.9 Å². The maximum atomic E-state index is 12.5. The van der Waals surface area contributed by atoms with E-state index >= 15 is 0 Å². The predicted octanol–water partition coefficient (Wildman–Crippen LogP) is 1.10. The highest BCUT2D eigenvalue weighted by atomic mass is 35.5. The van der Waals surface area contributed by atoms with Crippen LogP contribution in [-0.4, -0.2) is 49.6 Å². The minimum atomic E-state index is -3.41. The minimum Gasteiger partial charge on any atom is -0.369 e.